The summed E-state index contributed by atoms with van der Waals surface area (Å²) in [6.07, 6.45) is 2.07. The molecule has 0 spiro atoms. The first-order chi connectivity index (χ1) is 10.3. The average Bonchev–Trinajstić information content (AvgIpc) is 3.24. The molecule has 0 radical (unpaired) electrons. The van der Waals surface area contributed by atoms with Gasteiger partial charge in [-0.25, -0.2) is 0 Å². The maximum atomic E-state index is 12.5. The zero-order valence-electron chi connectivity index (χ0n) is 12.1. The van der Waals surface area contributed by atoms with Crippen molar-refractivity contribution in [1.29, 1.82) is 0 Å². The lowest BCUT2D eigenvalue weighted by molar-refractivity contribution is -0.133. The van der Waals surface area contributed by atoms with Gasteiger partial charge in [-0.3, -0.25) is 4.79 Å². The highest BCUT2D eigenvalue weighted by atomic mass is 32.1. The predicted molar refractivity (Wildman–Crippen MR) is 84.3 cm³/mol. The van der Waals surface area contributed by atoms with Crippen molar-refractivity contribution in [3.63, 3.8) is 0 Å². The molecule has 0 atom stereocenters. The van der Waals surface area contributed by atoms with Gasteiger partial charge in [-0.2, -0.15) is 0 Å². The quantitative estimate of drug-likeness (QED) is 0.814. The third-order valence-electron chi connectivity index (χ3n) is 3.72. The number of methoxy groups -OCH3 is 1. The molecule has 0 aliphatic heterocycles. The molecule has 1 aliphatic carbocycles. The van der Waals surface area contributed by atoms with E-state index < -0.39 is 0 Å². The average molecular weight is 301 g/mol. The maximum Gasteiger partial charge on any atom is 0.226 e. The summed E-state index contributed by atoms with van der Waals surface area (Å²) in [5.74, 6) is 1.35. The van der Waals surface area contributed by atoms with Gasteiger partial charge < -0.3 is 9.64 Å². The summed E-state index contributed by atoms with van der Waals surface area (Å²) in [6, 6.07) is 12.0. The van der Waals surface area contributed by atoms with Gasteiger partial charge in [0.25, 0.3) is 0 Å². The first kappa shape index (κ1) is 14.1. The van der Waals surface area contributed by atoms with Crippen LogP contribution >= 0.6 is 11.3 Å². The molecule has 2 aromatic rings. The van der Waals surface area contributed by atoms with Crippen LogP contribution in [0.15, 0.2) is 41.8 Å². The van der Waals surface area contributed by atoms with E-state index in [0.29, 0.717) is 13.1 Å². The van der Waals surface area contributed by atoms with Gasteiger partial charge in [-0.1, -0.05) is 24.3 Å². The fraction of sp³-hybridized carbons (Fsp3) is 0.353. The number of carbonyl (C=O) groups is 1. The first-order valence-corrected chi connectivity index (χ1v) is 8.09. The van der Waals surface area contributed by atoms with Crippen molar-refractivity contribution in [3.8, 4) is 5.75 Å². The number of hydrogen-bond donors (Lipinski definition) is 0. The Morgan fingerprint density at radius 1 is 1.24 bits per heavy atom. The van der Waals surface area contributed by atoms with Crippen LogP contribution in [0.1, 0.15) is 23.3 Å². The van der Waals surface area contributed by atoms with E-state index >= 15 is 0 Å². The van der Waals surface area contributed by atoms with Crippen molar-refractivity contribution in [2.24, 2.45) is 5.92 Å². The number of para-hydroxylation sites is 1. The highest BCUT2D eigenvalue weighted by Crippen LogP contribution is 2.33. The van der Waals surface area contributed by atoms with Gasteiger partial charge >= 0.3 is 0 Å². The Labute approximate surface area is 129 Å². The maximum absolute atomic E-state index is 12.5. The van der Waals surface area contributed by atoms with Crippen LogP contribution in [-0.2, 0) is 17.9 Å². The minimum Gasteiger partial charge on any atom is -0.496 e. The Morgan fingerprint density at radius 2 is 2.05 bits per heavy atom. The Hall–Kier alpha value is -1.81. The van der Waals surface area contributed by atoms with Gasteiger partial charge in [0.15, 0.2) is 0 Å². The topological polar surface area (TPSA) is 29.5 Å². The molecule has 1 aromatic carbocycles. The standard InChI is InChI=1S/C17H19NO2S/c1-20-16-7-3-2-5-14(16)11-18(17(19)13-8-9-13)12-15-6-4-10-21-15/h2-7,10,13H,8-9,11-12H2,1H3. The molecule has 0 unspecified atom stereocenters. The minimum absolute atomic E-state index is 0.236. The van der Waals surface area contributed by atoms with E-state index in [4.69, 9.17) is 4.74 Å². The van der Waals surface area contributed by atoms with Crippen molar-refractivity contribution < 1.29 is 9.53 Å². The molecule has 4 heteroatoms. The third kappa shape index (κ3) is 3.45. The molecule has 1 saturated carbocycles. The third-order valence-corrected chi connectivity index (χ3v) is 4.58. The van der Waals surface area contributed by atoms with E-state index in [1.807, 2.05) is 35.2 Å². The number of ether oxygens (including phenoxy) is 1. The molecule has 1 aromatic heterocycles. The minimum atomic E-state index is 0.236. The predicted octanol–water partition coefficient (Wildman–Crippen LogP) is 3.70. The molecule has 1 amide bonds. The summed E-state index contributed by atoms with van der Waals surface area (Å²) < 4.78 is 5.40. The first-order valence-electron chi connectivity index (χ1n) is 7.21. The van der Waals surface area contributed by atoms with Crippen LogP contribution in [-0.4, -0.2) is 17.9 Å². The fourth-order valence-corrected chi connectivity index (χ4v) is 3.15. The largest absolute Gasteiger partial charge is 0.496 e. The smallest absolute Gasteiger partial charge is 0.226 e. The molecule has 0 saturated heterocycles. The molecule has 0 bridgehead atoms. The Kier molecular flexibility index (Phi) is 4.25. The lowest BCUT2D eigenvalue weighted by atomic mass is 10.1. The van der Waals surface area contributed by atoms with E-state index in [-0.39, 0.29) is 11.8 Å². The number of carbonyl (C=O) groups excluding carboxylic acids is 1. The van der Waals surface area contributed by atoms with E-state index in [9.17, 15) is 4.79 Å². The van der Waals surface area contributed by atoms with Gasteiger partial charge in [0.1, 0.15) is 5.75 Å². The van der Waals surface area contributed by atoms with Crippen molar-refractivity contribution in [1.82, 2.24) is 4.90 Å². The van der Waals surface area contributed by atoms with Gasteiger partial charge in [-0.05, 0) is 30.4 Å². The second-order valence-electron chi connectivity index (χ2n) is 5.36. The van der Waals surface area contributed by atoms with Crippen molar-refractivity contribution in [2.75, 3.05) is 7.11 Å². The highest BCUT2D eigenvalue weighted by molar-refractivity contribution is 7.09. The normalized spacial score (nSPS) is 14.0. The Bertz CT molecular complexity index is 605. The fourth-order valence-electron chi connectivity index (χ4n) is 2.43. The molecule has 3 nitrogen and oxygen atoms in total. The monoisotopic (exact) mass is 301 g/mol. The van der Waals surface area contributed by atoms with E-state index in [2.05, 4.69) is 11.4 Å². The molecule has 21 heavy (non-hydrogen) atoms. The second-order valence-corrected chi connectivity index (χ2v) is 6.39. The Morgan fingerprint density at radius 3 is 2.71 bits per heavy atom. The summed E-state index contributed by atoms with van der Waals surface area (Å²) in [6.45, 7) is 1.29. The van der Waals surface area contributed by atoms with Crippen LogP contribution < -0.4 is 4.74 Å². The molecular formula is C17H19NO2S. The molecule has 1 heterocycles. The molecule has 3 rings (SSSR count). The summed E-state index contributed by atoms with van der Waals surface area (Å²) in [4.78, 5) is 15.7. The van der Waals surface area contributed by atoms with Crippen molar-refractivity contribution >= 4 is 17.2 Å². The summed E-state index contributed by atoms with van der Waals surface area (Å²) in [5, 5.41) is 2.05. The summed E-state index contributed by atoms with van der Waals surface area (Å²) in [7, 11) is 1.67. The van der Waals surface area contributed by atoms with Crippen molar-refractivity contribution in [3.05, 3.63) is 52.2 Å². The summed E-state index contributed by atoms with van der Waals surface area (Å²) in [5.41, 5.74) is 1.06. The Balaban J connectivity index is 1.79. The number of amides is 1. The van der Waals surface area contributed by atoms with Crippen LogP contribution in [0.4, 0.5) is 0 Å². The second kappa shape index (κ2) is 6.31. The highest BCUT2D eigenvalue weighted by Gasteiger charge is 2.33. The van der Waals surface area contributed by atoms with Crippen LogP contribution in [0, 0.1) is 5.92 Å². The van der Waals surface area contributed by atoms with Gasteiger partial charge in [0.05, 0.1) is 13.7 Å². The van der Waals surface area contributed by atoms with Gasteiger partial charge in [0, 0.05) is 22.9 Å². The SMILES string of the molecule is COc1ccccc1CN(Cc1cccs1)C(=O)C1CC1. The van der Waals surface area contributed by atoms with E-state index in [1.54, 1.807) is 18.4 Å². The van der Waals surface area contributed by atoms with Crippen LogP contribution in [0.5, 0.6) is 5.75 Å². The molecule has 0 N–H and O–H groups in total. The molecule has 110 valence electrons. The summed E-state index contributed by atoms with van der Waals surface area (Å²) >= 11 is 1.70. The van der Waals surface area contributed by atoms with Crippen LogP contribution in [0.2, 0.25) is 0 Å². The number of hydrogen-bond acceptors (Lipinski definition) is 3. The van der Waals surface area contributed by atoms with Gasteiger partial charge in [-0.15, -0.1) is 11.3 Å². The number of benzene rings is 1. The zero-order valence-corrected chi connectivity index (χ0v) is 12.9. The number of thiophene rings is 1. The van der Waals surface area contributed by atoms with Crippen molar-refractivity contribution in [2.45, 2.75) is 25.9 Å². The van der Waals surface area contributed by atoms with Gasteiger partial charge in [0.2, 0.25) is 5.91 Å². The molecule has 1 aliphatic rings. The van der Waals surface area contributed by atoms with E-state index in [0.717, 1.165) is 24.2 Å². The number of nitrogens with zero attached hydrogens (tertiary/aromatic N) is 1. The number of rotatable bonds is 6. The van der Waals surface area contributed by atoms with Crippen LogP contribution in [0.25, 0.3) is 0 Å². The molecular weight excluding hydrogens is 282 g/mol. The lowest BCUT2D eigenvalue weighted by Gasteiger charge is -2.23. The molecule has 1 fully saturated rings. The van der Waals surface area contributed by atoms with Crippen LogP contribution in [0.3, 0.4) is 0 Å². The lowest BCUT2D eigenvalue weighted by Crippen LogP contribution is -2.31. The van der Waals surface area contributed by atoms with E-state index in [1.165, 1.54) is 4.88 Å². The zero-order chi connectivity index (χ0) is 14.7.